The monoisotopic (exact) mass is 394 g/mol. The molecule has 4 heterocycles. The third-order valence-corrected chi connectivity index (χ3v) is 5.33. The van der Waals surface area contributed by atoms with Gasteiger partial charge in [-0.3, -0.25) is 4.79 Å². The Labute approximate surface area is 164 Å². The van der Waals surface area contributed by atoms with Gasteiger partial charge in [-0.05, 0) is 49.6 Å². The maximum Gasteiger partial charge on any atom is 0.350 e. The van der Waals surface area contributed by atoms with E-state index in [2.05, 4.69) is 10.2 Å². The van der Waals surface area contributed by atoms with Crippen molar-refractivity contribution in [3.05, 3.63) is 59.0 Å². The third kappa shape index (κ3) is 3.08. The topological polar surface area (TPSA) is 76.9 Å². The SMILES string of the molecule is O=C(Cn1nc2c3cc(-c4ccc(F)cc4)nn3ccn2c1=O)N1CCCCC1. The highest BCUT2D eigenvalue weighted by molar-refractivity contribution is 5.78. The number of aromatic nitrogens is 5. The van der Waals surface area contributed by atoms with Crippen molar-refractivity contribution in [2.75, 3.05) is 13.1 Å². The normalized spacial score (nSPS) is 14.7. The average molecular weight is 394 g/mol. The maximum atomic E-state index is 13.2. The number of carbonyl (C=O) groups is 1. The van der Waals surface area contributed by atoms with Gasteiger partial charge in [0.2, 0.25) is 5.91 Å². The average Bonchev–Trinajstić information content (AvgIpc) is 3.31. The Bertz CT molecular complexity index is 1260. The molecule has 1 saturated heterocycles. The molecule has 1 fully saturated rings. The number of rotatable bonds is 3. The standard InChI is InChI=1S/C20H19FN6O2/c21-15-6-4-14(5-7-15)16-12-17-19-23-27(13-18(28)24-8-2-1-3-9-24)20(29)25(19)10-11-26(17)22-16/h4-7,10-12H,1-3,8-9,13H2. The number of fused-ring (bicyclic) bond motifs is 3. The second kappa shape index (κ2) is 6.84. The number of hydrogen-bond acceptors (Lipinski definition) is 4. The zero-order valence-electron chi connectivity index (χ0n) is 15.7. The van der Waals surface area contributed by atoms with E-state index < -0.39 is 0 Å². The van der Waals surface area contributed by atoms with Gasteiger partial charge in [-0.2, -0.15) is 5.10 Å². The molecule has 148 valence electrons. The molecular formula is C20H19FN6O2. The molecule has 9 heteroatoms. The van der Waals surface area contributed by atoms with Gasteiger partial charge < -0.3 is 4.90 Å². The van der Waals surface area contributed by atoms with Crippen molar-refractivity contribution in [1.82, 2.24) is 28.7 Å². The van der Waals surface area contributed by atoms with E-state index in [0.717, 1.165) is 37.9 Å². The molecule has 1 amide bonds. The van der Waals surface area contributed by atoms with Gasteiger partial charge in [-0.15, -0.1) is 5.10 Å². The summed E-state index contributed by atoms with van der Waals surface area (Å²) in [6, 6.07) is 7.85. The third-order valence-electron chi connectivity index (χ3n) is 5.33. The summed E-state index contributed by atoms with van der Waals surface area (Å²) in [6.07, 6.45) is 6.37. The lowest BCUT2D eigenvalue weighted by atomic mass is 10.1. The van der Waals surface area contributed by atoms with Crippen LogP contribution in [0.25, 0.3) is 22.4 Å². The molecule has 1 aromatic carbocycles. The Hall–Kier alpha value is -3.49. The summed E-state index contributed by atoms with van der Waals surface area (Å²) in [5.41, 5.74) is 2.09. The first-order chi connectivity index (χ1) is 14.1. The van der Waals surface area contributed by atoms with E-state index >= 15 is 0 Å². The van der Waals surface area contributed by atoms with Crippen LogP contribution in [0.3, 0.4) is 0 Å². The van der Waals surface area contributed by atoms with Crippen LogP contribution >= 0.6 is 0 Å². The van der Waals surface area contributed by atoms with Crippen LogP contribution in [-0.4, -0.2) is 47.7 Å². The van der Waals surface area contributed by atoms with Crippen molar-refractivity contribution in [2.24, 2.45) is 0 Å². The summed E-state index contributed by atoms with van der Waals surface area (Å²) in [6.45, 7) is 1.38. The number of amides is 1. The molecule has 0 saturated carbocycles. The lowest BCUT2D eigenvalue weighted by molar-refractivity contribution is -0.133. The summed E-state index contributed by atoms with van der Waals surface area (Å²) in [5, 5.41) is 8.89. The first-order valence-electron chi connectivity index (χ1n) is 9.61. The van der Waals surface area contributed by atoms with Crippen molar-refractivity contribution in [2.45, 2.75) is 25.8 Å². The van der Waals surface area contributed by atoms with Gasteiger partial charge in [-0.1, -0.05) is 0 Å². The number of piperidine rings is 1. The summed E-state index contributed by atoms with van der Waals surface area (Å²) in [7, 11) is 0. The molecule has 3 aromatic heterocycles. The van der Waals surface area contributed by atoms with Crippen LogP contribution in [0.2, 0.25) is 0 Å². The predicted octanol–water partition coefficient (Wildman–Crippen LogP) is 1.96. The zero-order chi connectivity index (χ0) is 20.0. The largest absolute Gasteiger partial charge is 0.350 e. The number of likely N-dealkylation sites (tertiary alicyclic amines) is 1. The minimum Gasteiger partial charge on any atom is -0.341 e. The van der Waals surface area contributed by atoms with Crippen molar-refractivity contribution < 1.29 is 9.18 Å². The van der Waals surface area contributed by atoms with Crippen molar-refractivity contribution in [3.8, 4) is 11.3 Å². The lowest BCUT2D eigenvalue weighted by Gasteiger charge is -2.26. The fourth-order valence-corrected chi connectivity index (χ4v) is 3.77. The number of hydrogen-bond donors (Lipinski definition) is 0. The Balaban J connectivity index is 1.53. The molecule has 8 nitrogen and oxygen atoms in total. The van der Waals surface area contributed by atoms with Crippen molar-refractivity contribution in [3.63, 3.8) is 0 Å². The van der Waals surface area contributed by atoms with Gasteiger partial charge in [0, 0.05) is 31.0 Å². The first kappa shape index (κ1) is 17.6. The maximum absolute atomic E-state index is 13.2. The Kier molecular flexibility index (Phi) is 4.15. The smallest absolute Gasteiger partial charge is 0.341 e. The van der Waals surface area contributed by atoms with Crippen molar-refractivity contribution in [1.29, 1.82) is 0 Å². The van der Waals surface area contributed by atoms with Crippen LogP contribution < -0.4 is 5.69 Å². The number of halogens is 1. The molecule has 29 heavy (non-hydrogen) atoms. The van der Waals surface area contributed by atoms with Crippen LogP contribution in [0.15, 0.2) is 47.5 Å². The highest BCUT2D eigenvalue weighted by Crippen LogP contribution is 2.21. The van der Waals surface area contributed by atoms with Crippen LogP contribution in [0, 0.1) is 5.82 Å². The Morgan fingerprint density at radius 1 is 1.03 bits per heavy atom. The minimum atomic E-state index is -0.364. The van der Waals surface area contributed by atoms with Crippen LogP contribution in [0.4, 0.5) is 4.39 Å². The van der Waals surface area contributed by atoms with Gasteiger partial charge in [-0.25, -0.2) is 22.8 Å². The Morgan fingerprint density at radius 2 is 1.79 bits per heavy atom. The van der Waals surface area contributed by atoms with E-state index in [0.29, 0.717) is 16.9 Å². The number of nitrogens with zero attached hydrogens (tertiary/aromatic N) is 6. The first-order valence-corrected chi connectivity index (χ1v) is 9.61. The van der Waals surface area contributed by atoms with Gasteiger partial charge >= 0.3 is 5.69 Å². The van der Waals surface area contributed by atoms with Gasteiger partial charge in [0.25, 0.3) is 0 Å². The predicted molar refractivity (Wildman–Crippen MR) is 104 cm³/mol. The van der Waals surface area contributed by atoms with Crippen LogP contribution in [-0.2, 0) is 11.3 Å². The van der Waals surface area contributed by atoms with Crippen LogP contribution in [0.5, 0.6) is 0 Å². The van der Waals surface area contributed by atoms with E-state index in [-0.39, 0.29) is 24.0 Å². The van der Waals surface area contributed by atoms with Crippen LogP contribution in [0.1, 0.15) is 19.3 Å². The summed E-state index contributed by atoms with van der Waals surface area (Å²) in [4.78, 5) is 27.1. The molecule has 0 radical (unpaired) electrons. The minimum absolute atomic E-state index is 0.0777. The van der Waals surface area contributed by atoms with E-state index in [1.807, 2.05) is 0 Å². The summed E-state index contributed by atoms with van der Waals surface area (Å²) < 4.78 is 17.4. The molecule has 1 aliphatic rings. The quantitative estimate of drug-likeness (QED) is 0.532. The number of carbonyl (C=O) groups excluding carboxylic acids is 1. The number of benzene rings is 1. The molecule has 1 aliphatic heterocycles. The molecule has 0 atom stereocenters. The highest BCUT2D eigenvalue weighted by atomic mass is 19.1. The summed E-state index contributed by atoms with van der Waals surface area (Å²) in [5.74, 6) is -0.407. The van der Waals surface area contributed by atoms with Gasteiger partial charge in [0.15, 0.2) is 5.65 Å². The van der Waals surface area contributed by atoms with Gasteiger partial charge in [0.1, 0.15) is 17.9 Å². The Morgan fingerprint density at radius 3 is 2.55 bits per heavy atom. The molecule has 0 bridgehead atoms. The molecular weight excluding hydrogens is 375 g/mol. The van der Waals surface area contributed by atoms with Crippen molar-refractivity contribution >= 4 is 17.1 Å². The van der Waals surface area contributed by atoms with Gasteiger partial charge in [0.05, 0.1) is 5.69 Å². The molecule has 0 N–H and O–H groups in total. The van der Waals surface area contributed by atoms with E-state index in [1.165, 1.54) is 21.2 Å². The zero-order valence-corrected chi connectivity index (χ0v) is 15.7. The molecule has 0 unspecified atom stereocenters. The second-order valence-corrected chi connectivity index (χ2v) is 7.24. The second-order valence-electron chi connectivity index (χ2n) is 7.24. The fraction of sp³-hybridized carbons (Fsp3) is 0.300. The molecule has 0 aliphatic carbocycles. The summed E-state index contributed by atoms with van der Waals surface area (Å²) >= 11 is 0. The highest BCUT2D eigenvalue weighted by Gasteiger charge is 2.20. The van der Waals surface area contributed by atoms with E-state index in [9.17, 15) is 14.0 Å². The fourth-order valence-electron chi connectivity index (χ4n) is 3.77. The molecule has 0 spiro atoms. The van der Waals surface area contributed by atoms with E-state index in [1.54, 1.807) is 40.0 Å². The molecule has 5 rings (SSSR count). The molecule has 4 aromatic rings. The van der Waals surface area contributed by atoms with E-state index in [4.69, 9.17) is 0 Å². The lowest BCUT2D eigenvalue weighted by Crippen LogP contribution is -2.39.